The zero-order chi connectivity index (χ0) is 17.1. The minimum absolute atomic E-state index is 0.100. The summed E-state index contributed by atoms with van der Waals surface area (Å²) in [6.45, 7) is 4.12. The summed E-state index contributed by atoms with van der Waals surface area (Å²) in [7, 11) is 0. The molecule has 3 rings (SSSR count). The number of amides is 1. The molecule has 0 aliphatic carbocycles. The van der Waals surface area contributed by atoms with Gasteiger partial charge >= 0.3 is 0 Å². The molecule has 126 valence electrons. The molecule has 1 saturated heterocycles. The Labute approximate surface area is 150 Å². The molecule has 2 aromatic rings. The highest BCUT2D eigenvalue weighted by Crippen LogP contribution is 2.32. The Hall–Kier alpha value is -1.82. The summed E-state index contributed by atoms with van der Waals surface area (Å²) >= 11 is 12.0. The number of pyridine rings is 1. The molecule has 1 aliphatic rings. The summed E-state index contributed by atoms with van der Waals surface area (Å²) in [5, 5.41) is 4.19. The van der Waals surface area contributed by atoms with Gasteiger partial charge in [-0.3, -0.25) is 4.79 Å². The fourth-order valence-corrected chi connectivity index (χ4v) is 3.03. The Morgan fingerprint density at radius 3 is 2.96 bits per heavy atom. The van der Waals surface area contributed by atoms with Crippen molar-refractivity contribution in [2.45, 2.75) is 13.0 Å². The van der Waals surface area contributed by atoms with Crippen molar-refractivity contribution < 1.29 is 9.53 Å². The van der Waals surface area contributed by atoms with Crippen molar-refractivity contribution in [1.29, 1.82) is 0 Å². The van der Waals surface area contributed by atoms with E-state index in [1.165, 1.54) is 0 Å². The molecule has 1 aromatic heterocycles. The monoisotopic (exact) mass is 365 g/mol. The number of ether oxygens (including phenoxy) is 1. The van der Waals surface area contributed by atoms with Gasteiger partial charge in [-0.05, 0) is 37.3 Å². The molecule has 7 heteroatoms. The first-order valence-corrected chi connectivity index (χ1v) is 8.41. The summed E-state index contributed by atoms with van der Waals surface area (Å²) in [4.78, 5) is 18.8. The van der Waals surface area contributed by atoms with Gasteiger partial charge in [-0.1, -0.05) is 23.2 Å². The number of hydrogen-bond donors (Lipinski definition) is 1. The van der Waals surface area contributed by atoms with Gasteiger partial charge in [0.1, 0.15) is 11.3 Å². The lowest BCUT2D eigenvalue weighted by molar-refractivity contribution is 0.0705. The molecular weight excluding hydrogens is 349 g/mol. The van der Waals surface area contributed by atoms with Crippen LogP contribution < -0.4 is 10.1 Å². The number of aromatic nitrogens is 1. The Bertz CT molecular complexity index is 754. The lowest BCUT2D eigenvalue weighted by Crippen LogP contribution is -2.51. The maximum absolute atomic E-state index is 12.8. The maximum Gasteiger partial charge on any atom is 0.259 e. The third kappa shape index (κ3) is 3.80. The summed E-state index contributed by atoms with van der Waals surface area (Å²) in [5.74, 6) is 0.539. The second-order valence-electron chi connectivity index (χ2n) is 5.64. The number of rotatable bonds is 3. The lowest BCUT2D eigenvalue weighted by atomic mass is 10.2. The smallest absolute Gasteiger partial charge is 0.259 e. The van der Waals surface area contributed by atoms with Crippen molar-refractivity contribution in [3.05, 3.63) is 52.1 Å². The van der Waals surface area contributed by atoms with Crippen LogP contribution in [-0.2, 0) is 0 Å². The molecule has 1 aliphatic heterocycles. The maximum atomic E-state index is 12.8. The average Bonchev–Trinajstić information content (AvgIpc) is 2.57. The van der Waals surface area contributed by atoms with Gasteiger partial charge in [0.2, 0.25) is 5.88 Å². The van der Waals surface area contributed by atoms with Crippen LogP contribution in [0.25, 0.3) is 0 Å². The standard InChI is InChI=1S/C17H17Cl2N3O2/c1-11-10-22(8-7-20-11)17(23)13-3-2-6-21-16(13)24-15-5-4-12(18)9-14(15)19/h2-6,9,11,20H,7-8,10H2,1H3. The molecule has 1 aromatic carbocycles. The van der Waals surface area contributed by atoms with E-state index in [1.807, 2.05) is 6.92 Å². The van der Waals surface area contributed by atoms with Gasteiger partial charge in [-0.25, -0.2) is 4.98 Å². The van der Waals surface area contributed by atoms with Crippen LogP contribution in [0.5, 0.6) is 11.6 Å². The number of nitrogens with one attached hydrogen (secondary N) is 1. The summed E-state index contributed by atoms with van der Waals surface area (Å²) < 4.78 is 5.77. The van der Waals surface area contributed by atoms with Crippen LogP contribution in [0.2, 0.25) is 10.0 Å². The molecule has 1 unspecified atom stereocenters. The Morgan fingerprint density at radius 1 is 1.38 bits per heavy atom. The van der Waals surface area contributed by atoms with Crippen molar-refractivity contribution in [3.8, 4) is 11.6 Å². The van der Waals surface area contributed by atoms with Crippen LogP contribution in [0.1, 0.15) is 17.3 Å². The number of carbonyl (C=O) groups is 1. The molecule has 1 atom stereocenters. The van der Waals surface area contributed by atoms with E-state index >= 15 is 0 Å². The average molecular weight is 366 g/mol. The van der Waals surface area contributed by atoms with E-state index in [2.05, 4.69) is 10.3 Å². The van der Waals surface area contributed by atoms with Crippen LogP contribution in [0.15, 0.2) is 36.5 Å². The number of nitrogens with zero attached hydrogens (tertiary/aromatic N) is 2. The van der Waals surface area contributed by atoms with Crippen LogP contribution in [0, 0.1) is 0 Å². The Kier molecular flexibility index (Phi) is 5.23. The van der Waals surface area contributed by atoms with E-state index in [4.69, 9.17) is 27.9 Å². The lowest BCUT2D eigenvalue weighted by Gasteiger charge is -2.32. The molecule has 1 N–H and O–H groups in total. The second kappa shape index (κ2) is 7.38. The minimum Gasteiger partial charge on any atom is -0.437 e. The largest absolute Gasteiger partial charge is 0.437 e. The van der Waals surface area contributed by atoms with Gasteiger partial charge in [-0.15, -0.1) is 0 Å². The summed E-state index contributed by atoms with van der Waals surface area (Å²) in [6.07, 6.45) is 1.58. The summed E-state index contributed by atoms with van der Waals surface area (Å²) in [6, 6.07) is 8.59. The van der Waals surface area contributed by atoms with E-state index in [-0.39, 0.29) is 17.8 Å². The van der Waals surface area contributed by atoms with Crippen LogP contribution >= 0.6 is 23.2 Å². The minimum atomic E-state index is -0.100. The molecule has 24 heavy (non-hydrogen) atoms. The van der Waals surface area contributed by atoms with Crippen molar-refractivity contribution >= 4 is 29.1 Å². The molecule has 0 radical (unpaired) electrons. The number of hydrogen-bond acceptors (Lipinski definition) is 4. The van der Waals surface area contributed by atoms with Crippen molar-refractivity contribution in [2.75, 3.05) is 19.6 Å². The van der Waals surface area contributed by atoms with Crippen LogP contribution in [0.4, 0.5) is 0 Å². The first-order valence-electron chi connectivity index (χ1n) is 7.65. The molecule has 0 bridgehead atoms. The topological polar surface area (TPSA) is 54.5 Å². The van der Waals surface area contributed by atoms with E-state index in [0.29, 0.717) is 34.4 Å². The molecule has 2 heterocycles. The molecule has 1 amide bonds. The molecule has 1 fully saturated rings. The highest BCUT2D eigenvalue weighted by molar-refractivity contribution is 6.35. The third-order valence-corrected chi connectivity index (χ3v) is 4.29. The van der Waals surface area contributed by atoms with Gasteiger partial charge < -0.3 is 15.0 Å². The normalized spacial score (nSPS) is 17.6. The Balaban J connectivity index is 1.86. The fourth-order valence-electron chi connectivity index (χ4n) is 2.58. The van der Waals surface area contributed by atoms with Crippen LogP contribution in [-0.4, -0.2) is 41.5 Å². The zero-order valence-electron chi connectivity index (χ0n) is 13.1. The van der Waals surface area contributed by atoms with Gasteiger partial charge in [0, 0.05) is 36.9 Å². The van der Waals surface area contributed by atoms with Crippen molar-refractivity contribution in [2.24, 2.45) is 0 Å². The Morgan fingerprint density at radius 2 is 2.21 bits per heavy atom. The fraction of sp³-hybridized carbons (Fsp3) is 0.294. The number of carbonyl (C=O) groups excluding carboxylic acids is 1. The van der Waals surface area contributed by atoms with E-state index in [1.54, 1.807) is 41.4 Å². The molecular formula is C17H17Cl2N3O2. The van der Waals surface area contributed by atoms with Gasteiger partial charge in [0.25, 0.3) is 5.91 Å². The second-order valence-corrected chi connectivity index (χ2v) is 6.48. The van der Waals surface area contributed by atoms with E-state index in [9.17, 15) is 4.79 Å². The number of piperazine rings is 1. The quantitative estimate of drug-likeness (QED) is 0.902. The molecule has 5 nitrogen and oxygen atoms in total. The van der Waals surface area contributed by atoms with Gasteiger partial charge in [0.05, 0.1) is 5.02 Å². The predicted molar refractivity (Wildman–Crippen MR) is 94.1 cm³/mol. The molecule has 0 saturated carbocycles. The third-order valence-electron chi connectivity index (χ3n) is 3.76. The van der Waals surface area contributed by atoms with Crippen LogP contribution in [0.3, 0.4) is 0 Å². The zero-order valence-corrected chi connectivity index (χ0v) is 14.6. The van der Waals surface area contributed by atoms with E-state index < -0.39 is 0 Å². The highest BCUT2D eigenvalue weighted by atomic mass is 35.5. The summed E-state index contributed by atoms with van der Waals surface area (Å²) in [5.41, 5.74) is 0.414. The van der Waals surface area contributed by atoms with Crippen molar-refractivity contribution in [1.82, 2.24) is 15.2 Å². The predicted octanol–water partition coefficient (Wildman–Crippen LogP) is 3.61. The first kappa shape index (κ1) is 17.0. The van der Waals surface area contributed by atoms with Gasteiger partial charge in [-0.2, -0.15) is 0 Å². The first-order chi connectivity index (χ1) is 11.5. The van der Waals surface area contributed by atoms with Gasteiger partial charge in [0.15, 0.2) is 0 Å². The number of benzene rings is 1. The SMILES string of the molecule is CC1CN(C(=O)c2cccnc2Oc2ccc(Cl)cc2Cl)CCN1. The van der Waals surface area contributed by atoms with Crippen molar-refractivity contribution in [3.63, 3.8) is 0 Å². The molecule has 0 spiro atoms. The highest BCUT2D eigenvalue weighted by Gasteiger charge is 2.25. The van der Waals surface area contributed by atoms with E-state index in [0.717, 1.165) is 6.54 Å². The number of halogens is 2.